The second-order valence-electron chi connectivity index (χ2n) is 5.16. The molecule has 0 spiro atoms. The molecule has 4 heteroatoms. The first-order valence-corrected chi connectivity index (χ1v) is 7.10. The molecule has 1 saturated carbocycles. The molecule has 106 valence electrons. The number of nitrogens with one attached hydrogen (secondary N) is 1. The van der Waals surface area contributed by atoms with Crippen LogP contribution in [0.15, 0.2) is 0 Å². The molecule has 0 heterocycles. The van der Waals surface area contributed by atoms with Crippen molar-refractivity contribution in [2.75, 3.05) is 20.3 Å². The Morgan fingerprint density at radius 3 is 2.56 bits per heavy atom. The topological polar surface area (TPSA) is 47.6 Å². The van der Waals surface area contributed by atoms with Crippen LogP contribution in [0.5, 0.6) is 0 Å². The summed E-state index contributed by atoms with van der Waals surface area (Å²) in [5.74, 6) is -0.0106. The van der Waals surface area contributed by atoms with Gasteiger partial charge in [-0.1, -0.05) is 26.2 Å². The van der Waals surface area contributed by atoms with E-state index in [0.29, 0.717) is 19.3 Å². The highest BCUT2D eigenvalue weighted by Gasteiger charge is 2.29. The van der Waals surface area contributed by atoms with Crippen LogP contribution in [0, 0.1) is 5.92 Å². The zero-order valence-electron chi connectivity index (χ0n) is 11.9. The zero-order valence-corrected chi connectivity index (χ0v) is 11.9. The van der Waals surface area contributed by atoms with Crippen LogP contribution in [0.1, 0.15) is 46.0 Å². The molecule has 2 unspecified atom stereocenters. The summed E-state index contributed by atoms with van der Waals surface area (Å²) in [5.41, 5.74) is 0. The fraction of sp³-hybridized carbons (Fsp3) is 0.929. The number of carbonyl (C=O) groups excluding carboxylic acids is 1. The van der Waals surface area contributed by atoms with Crippen LogP contribution in [0.25, 0.3) is 0 Å². The minimum Gasteiger partial charge on any atom is -0.465 e. The van der Waals surface area contributed by atoms with Gasteiger partial charge in [0.05, 0.1) is 13.2 Å². The second kappa shape index (κ2) is 8.48. The molecule has 0 bridgehead atoms. The third-order valence-corrected chi connectivity index (χ3v) is 3.56. The summed E-state index contributed by atoms with van der Waals surface area (Å²) in [6.07, 6.45) is 6.15. The Balaban J connectivity index is 2.54. The van der Waals surface area contributed by atoms with E-state index in [1.165, 1.54) is 19.3 Å². The lowest BCUT2D eigenvalue weighted by molar-refractivity contribution is -0.148. The first-order chi connectivity index (χ1) is 8.69. The largest absolute Gasteiger partial charge is 0.465 e. The fourth-order valence-corrected chi connectivity index (χ4v) is 2.58. The summed E-state index contributed by atoms with van der Waals surface area (Å²) in [7, 11) is 1.67. The van der Waals surface area contributed by atoms with Crippen molar-refractivity contribution >= 4 is 5.97 Å². The quantitative estimate of drug-likeness (QED) is 0.710. The van der Waals surface area contributed by atoms with Crippen molar-refractivity contribution in [2.45, 2.75) is 58.0 Å². The molecule has 0 aromatic rings. The number of rotatable bonds is 7. The van der Waals surface area contributed by atoms with Crippen LogP contribution in [-0.4, -0.2) is 38.4 Å². The zero-order chi connectivity index (χ0) is 13.4. The lowest BCUT2D eigenvalue weighted by Crippen LogP contribution is -2.49. The molecule has 1 aliphatic rings. The molecule has 2 atom stereocenters. The number of esters is 1. The van der Waals surface area contributed by atoms with Crippen molar-refractivity contribution in [1.82, 2.24) is 5.32 Å². The van der Waals surface area contributed by atoms with Crippen LogP contribution >= 0.6 is 0 Å². The van der Waals surface area contributed by atoms with Crippen LogP contribution in [0.2, 0.25) is 0 Å². The smallest absolute Gasteiger partial charge is 0.323 e. The van der Waals surface area contributed by atoms with E-state index < -0.39 is 0 Å². The summed E-state index contributed by atoms with van der Waals surface area (Å²) in [5, 5.41) is 3.47. The van der Waals surface area contributed by atoms with Gasteiger partial charge in [0.15, 0.2) is 0 Å². The van der Waals surface area contributed by atoms with E-state index in [0.717, 1.165) is 12.8 Å². The highest BCUT2D eigenvalue weighted by Crippen LogP contribution is 2.19. The third-order valence-electron chi connectivity index (χ3n) is 3.56. The first-order valence-electron chi connectivity index (χ1n) is 7.10. The maximum Gasteiger partial charge on any atom is 0.323 e. The summed E-state index contributed by atoms with van der Waals surface area (Å²) in [6, 6.07) is 0.209. The van der Waals surface area contributed by atoms with Gasteiger partial charge in [0, 0.05) is 19.1 Å². The fourth-order valence-electron chi connectivity index (χ4n) is 2.58. The molecule has 1 fully saturated rings. The van der Waals surface area contributed by atoms with E-state index >= 15 is 0 Å². The Bertz CT molecular complexity index is 239. The molecule has 0 aliphatic heterocycles. The summed E-state index contributed by atoms with van der Waals surface area (Å²) >= 11 is 0. The van der Waals surface area contributed by atoms with Crippen molar-refractivity contribution in [3.8, 4) is 0 Å². The Hall–Kier alpha value is -0.610. The molecule has 0 amide bonds. The maximum atomic E-state index is 12.0. The van der Waals surface area contributed by atoms with Gasteiger partial charge in [0.2, 0.25) is 0 Å². The lowest BCUT2D eigenvalue weighted by atomic mass is 9.93. The predicted molar refractivity (Wildman–Crippen MR) is 71.5 cm³/mol. The molecule has 0 saturated heterocycles. The maximum absolute atomic E-state index is 12.0. The number of methoxy groups -OCH3 is 1. The van der Waals surface area contributed by atoms with Gasteiger partial charge in [-0.25, -0.2) is 0 Å². The molecule has 1 aliphatic carbocycles. The number of carbonyl (C=O) groups is 1. The molecule has 0 aromatic heterocycles. The van der Waals surface area contributed by atoms with E-state index in [9.17, 15) is 4.79 Å². The van der Waals surface area contributed by atoms with Gasteiger partial charge < -0.3 is 14.8 Å². The van der Waals surface area contributed by atoms with Gasteiger partial charge >= 0.3 is 5.97 Å². The SMILES string of the molecule is CCOC(=O)C(NC1CCCCC1)C(C)COC. The molecule has 18 heavy (non-hydrogen) atoms. The van der Waals surface area contributed by atoms with E-state index in [4.69, 9.17) is 9.47 Å². The van der Waals surface area contributed by atoms with Gasteiger partial charge in [-0.15, -0.1) is 0 Å². The summed E-state index contributed by atoms with van der Waals surface area (Å²) < 4.78 is 10.3. The van der Waals surface area contributed by atoms with Crippen LogP contribution in [0.3, 0.4) is 0 Å². The first kappa shape index (κ1) is 15.4. The third kappa shape index (κ3) is 4.94. The minimum absolute atomic E-state index is 0.135. The Morgan fingerprint density at radius 1 is 1.33 bits per heavy atom. The molecular weight excluding hydrogens is 230 g/mol. The van der Waals surface area contributed by atoms with Gasteiger partial charge in [-0.3, -0.25) is 4.79 Å². The Kier molecular flexibility index (Phi) is 7.28. The van der Waals surface area contributed by atoms with Crippen LogP contribution in [-0.2, 0) is 14.3 Å². The van der Waals surface area contributed by atoms with Crippen molar-refractivity contribution in [1.29, 1.82) is 0 Å². The Labute approximate surface area is 110 Å². The van der Waals surface area contributed by atoms with E-state index in [-0.39, 0.29) is 17.9 Å². The number of hydrogen-bond acceptors (Lipinski definition) is 4. The molecular formula is C14H27NO3. The standard InChI is InChI=1S/C14H27NO3/c1-4-18-14(16)13(11(2)10-17-3)15-12-8-6-5-7-9-12/h11-13,15H,4-10H2,1-3H3. The number of ether oxygens (including phenoxy) is 2. The summed E-state index contributed by atoms with van der Waals surface area (Å²) in [4.78, 5) is 12.0. The highest BCUT2D eigenvalue weighted by atomic mass is 16.5. The number of hydrogen-bond donors (Lipinski definition) is 1. The van der Waals surface area contributed by atoms with Crippen LogP contribution in [0.4, 0.5) is 0 Å². The van der Waals surface area contributed by atoms with Crippen molar-refractivity contribution in [3.05, 3.63) is 0 Å². The van der Waals surface area contributed by atoms with Crippen molar-refractivity contribution in [3.63, 3.8) is 0 Å². The van der Waals surface area contributed by atoms with Gasteiger partial charge in [0.25, 0.3) is 0 Å². The average molecular weight is 257 g/mol. The Morgan fingerprint density at radius 2 is 2.00 bits per heavy atom. The van der Waals surface area contributed by atoms with E-state index in [1.807, 2.05) is 13.8 Å². The predicted octanol–water partition coefficient (Wildman–Crippen LogP) is 2.12. The minimum atomic E-state index is -0.243. The monoisotopic (exact) mass is 257 g/mol. The second-order valence-corrected chi connectivity index (χ2v) is 5.16. The molecule has 1 N–H and O–H groups in total. The summed E-state index contributed by atoms with van der Waals surface area (Å²) in [6.45, 7) is 4.88. The van der Waals surface area contributed by atoms with Gasteiger partial charge in [-0.05, 0) is 19.8 Å². The van der Waals surface area contributed by atoms with Crippen molar-refractivity contribution in [2.24, 2.45) is 5.92 Å². The molecule has 1 rings (SSSR count). The highest BCUT2D eigenvalue weighted by molar-refractivity contribution is 5.76. The van der Waals surface area contributed by atoms with E-state index in [1.54, 1.807) is 7.11 Å². The lowest BCUT2D eigenvalue weighted by Gasteiger charge is -2.30. The molecule has 0 radical (unpaired) electrons. The normalized spacial score (nSPS) is 20.4. The van der Waals surface area contributed by atoms with Crippen LogP contribution < -0.4 is 5.32 Å². The van der Waals surface area contributed by atoms with E-state index in [2.05, 4.69) is 5.32 Å². The van der Waals surface area contributed by atoms with Crippen molar-refractivity contribution < 1.29 is 14.3 Å². The molecule has 4 nitrogen and oxygen atoms in total. The average Bonchev–Trinajstić information content (AvgIpc) is 2.37. The van der Waals surface area contributed by atoms with Gasteiger partial charge in [0.1, 0.15) is 6.04 Å². The molecule has 0 aromatic carbocycles. The van der Waals surface area contributed by atoms with Gasteiger partial charge in [-0.2, -0.15) is 0 Å².